The van der Waals surface area contributed by atoms with Gasteiger partial charge in [0.2, 0.25) is 0 Å². The molecule has 6 nitrogen and oxygen atoms in total. The van der Waals surface area contributed by atoms with Gasteiger partial charge in [-0.05, 0) is 9.24 Å². The van der Waals surface area contributed by atoms with Gasteiger partial charge in [0.1, 0.15) is 0 Å². The molecule has 0 fully saturated rings. The molecule has 0 rings (SSSR count). The zero-order valence-corrected chi connectivity index (χ0v) is 8.81. The zero-order valence-electron chi connectivity index (χ0n) is 7.39. The molecule has 0 amide bonds. The van der Waals surface area contributed by atoms with E-state index in [-0.39, 0.29) is 12.8 Å². The minimum atomic E-state index is -1.48. The molecule has 0 aliphatic heterocycles. The van der Waals surface area contributed by atoms with Gasteiger partial charge in [-0.3, -0.25) is 9.59 Å². The van der Waals surface area contributed by atoms with E-state index >= 15 is 0 Å². The summed E-state index contributed by atoms with van der Waals surface area (Å²) in [6.07, 6.45) is -1.08. The summed E-state index contributed by atoms with van der Waals surface area (Å²) in [5, 5.41) is 24.1. The summed E-state index contributed by atoms with van der Waals surface area (Å²) in [6, 6.07) is 0. The fraction of sp³-hybridized carbons (Fsp3) is 0.571. The topological polar surface area (TPSA) is 112 Å². The Bertz CT molecular complexity index is 263. The van der Waals surface area contributed by atoms with Crippen LogP contribution >= 0.6 is 9.24 Å². The highest BCUT2D eigenvalue weighted by Crippen LogP contribution is 2.29. The number of carboxylic acids is 3. The fourth-order valence-electron chi connectivity index (χ4n) is 0.907. The van der Waals surface area contributed by atoms with Gasteiger partial charge in [-0.2, -0.15) is 0 Å². The number of carboxylic acid groups (broad SMARTS) is 3. The average molecular weight is 223 g/mol. The number of hydrogen-bond acceptors (Lipinski definition) is 3. The van der Waals surface area contributed by atoms with Crippen molar-refractivity contribution < 1.29 is 29.7 Å². The summed E-state index contributed by atoms with van der Waals surface area (Å²) in [6.45, 7) is 0. The molecule has 0 aromatic heterocycles. The maximum Gasteiger partial charge on any atom is 0.347 e. The molecule has 7 heteroatoms. The molecule has 0 saturated carbocycles. The first-order valence-electron chi connectivity index (χ1n) is 3.80. The number of hydrogen-bond donors (Lipinski definition) is 3. The van der Waals surface area contributed by atoms with E-state index in [0.717, 1.165) is 9.24 Å². The van der Waals surface area contributed by atoms with Crippen molar-refractivity contribution in [2.24, 2.45) is 0 Å². The normalized spacial score (nSPS) is 14.6. The van der Waals surface area contributed by atoms with E-state index in [1.54, 1.807) is 0 Å². The second kappa shape index (κ2) is 4.91. The summed E-state index contributed by atoms with van der Waals surface area (Å²) in [4.78, 5) is 31.3. The molecule has 80 valence electrons. The van der Waals surface area contributed by atoms with Crippen LogP contribution in [0, 0.1) is 0 Å². The van der Waals surface area contributed by atoms with Crippen molar-refractivity contribution in [3.63, 3.8) is 0 Å². The van der Waals surface area contributed by atoms with Crippen molar-refractivity contribution in [1.29, 1.82) is 0 Å². The van der Waals surface area contributed by atoms with Crippen LogP contribution in [0.2, 0.25) is 0 Å². The predicted molar refractivity (Wildman–Crippen MR) is 50.6 cm³/mol. The summed E-state index contributed by atoms with van der Waals surface area (Å²) < 4.78 is 0. The van der Waals surface area contributed by atoms with Crippen molar-refractivity contribution in [2.45, 2.75) is 24.4 Å². The molecular formula is C7H12O6P+. The van der Waals surface area contributed by atoms with Crippen LogP contribution in [0.4, 0.5) is 0 Å². The minimum Gasteiger partial charge on any atom is -0.481 e. The van der Waals surface area contributed by atoms with Gasteiger partial charge in [0.15, 0.2) is 5.16 Å². The van der Waals surface area contributed by atoms with Crippen LogP contribution in [0.15, 0.2) is 0 Å². The molecule has 3 N–H and O–H groups in total. The Labute approximate surface area is 82.1 Å². The molecule has 2 unspecified atom stereocenters. The number of aliphatic carboxylic acids is 3. The predicted octanol–water partition coefficient (Wildman–Crippen LogP) is -0.243. The summed E-state index contributed by atoms with van der Waals surface area (Å²) >= 11 is 0. The molecule has 0 aliphatic carbocycles. The van der Waals surface area contributed by atoms with Crippen molar-refractivity contribution in [1.82, 2.24) is 0 Å². The van der Waals surface area contributed by atoms with Crippen LogP contribution in [0.25, 0.3) is 0 Å². The van der Waals surface area contributed by atoms with Crippen LogP contribution in [-0.2, 0) is 14.4 Å². The van der Waals surface area contributed by atoms with Gasteiger partial charge in [-0.1, -0.05) is 0 Å². The number of carbonyl (C=O) groups is 3. The Morgan fingerprint density at radius 2 is 1.57 bits per heavy atom. The highest BCUT2D eigenvalue weighted by Gasteiger charge is 2.41. The van der Waals surface area contributed by atoms with Crippen molar-refractivity contribution in [3.05, 3.63) is 0 Å². The molecule has 2 atom stereocenters. The van der Waals surface area contributed by atoms with Gasteiger partial charge in [0.25, 0.3) is 0 Å². The lowest BCUT2D eigenvalue weighted by Crippen LogP contribution is -2.35. The average Bonchev–Trinajstić information content (AvgIpc) is 1.99. The second-order valence-corrected chi connectivity index (χ2v) is 4.40. The Hall–Kier alpha value is -1.16. The second-order valence-electron chi connectivity index (χ2n) is 3.05. The molecule has 0 radical (unpaired) electrons. The van der Waals surface area contributed by atoms with E-state index in [1.807, 2.05) is 0 Å². The van der Waals surface area contributed by atoms with Crippen LogP contribution in [0.1, 0.15) is 19.3 Å². The Kier molecular flexibility index (Phi) is 4.50. The summed E-state index contributed by atoms with van der Waals surface area (Å²) in [5.74, 6) is -3.65. The standard InChI is InChI=1S/C7H11O6P/c8-4(9)1-2-7(14,6(12)13)3-5(10)11/h1-3,14H2,(H,8,9)(H,10,11)(H,12,13)/p+1. The molecule has 0 spiro atoms. The number of rotatable bonds is 6. The molecule has 0 aromatic rings. The van der Waals surface area contributed by atoms with E-state index in [1.165, 1.54) is 0 Å². The van der Waals surface area contributed by atoms with Gasteiger partial charge >= 0.3 is 17.9 Å². The van der Waals surface area contributed by atoms with E-state index in [0.29, 0.717) is 0 Å². The molecule has 0 saturated heterocycles. The van der Waals surface area contributed by atoms with Crippen molar-refractivity contribution >= 4 is 27.1 Å². The highest BCUT2D eigenvalue weighted by molar-refractivity contribution is 7.21. The smallest absolute Gasteiger partial charge is 0.347 e. The zero-order chi connectivity index (χ0) is 11.4. The van der Waals surface area contributed by atoms with Crippen LogP contribution < -0.4 is 0 Å². The molecule has 0 aliphatic rings. The maximum absolute atomic E-state index is 10.7. The van der Waals surface area contributed by atoms with Gasteiger partial charge in [-0.25, -0.2) is 4.79 Å². The van der Waals surface area contributed by atoms with E-state index in [2.05, 4.69) is 0 Å². The minimum absolute atomic E-state index is 0.178. The van der Waals surface area contributed by atoms with Gasteiger partial charge in [0, 0.05) is 12.8 Å². The van der Waals surface area contributed by atoms with E-state index in [4.69, 9.17) is 15.3 Å². The summed E-state index contributed by atoms with van der Waals surface area (Å²) in [7, 11) is 1.01. The molecule has 0 bridgehead atoms. The van der Waals surface area contributed by atoms with Gasteiger partial charge in [-0.15, -0.1) is 0 Å². The third kappa shape index (κ3) is 4.18. The summed E-state index contributed by atoms with van der Waals surface area (Å²) in [5.41, 5.74) is 0. The Morgan fingerprint density at radius 3 is 1.86 bits per heavy atom. The van der Waals surface area contributed by atoms with Crippen LogP contribution in [-0.4, -0.2) is 38.4 Å². The Morgan fingerprint density at radius 1 is 1.07 bits per heavy atom. The van der Waals surface area contributed by atoms with Gasteiger partial charge < -0.3 is 15.3 Å². The Balaban J connectivity index is 4.47. The maximum atomic E-state index is 10.7. The van der Waals surface area contributed by atoms with E-state index in [9.17, 15) is 14.4 Å². The van der Waals surface area contributed by atoms with Gasteiger partial charge in [0.05, 0.1) is 6.42 Å². The lowest BCUT2D eigenvalue weighted by Gasteiger charge is -2.16. The molecule has 0 aromatic carbocycles. The van der Waals surface area contributed by atoms with Crippen LogP contribution in [0.3, 0.4) is 0 Å². The van der Waals surface area contributed by atoms with Crippen molar-refractivity contribution in [3.8, 4) is 0 Å². The van der Waals surface area contributed by atoms with Crippen molar-refractivity contribution in [2.75, 3.05) is 0 Å². The van der Waals surface area contributed by atoms with Crippen LogP contribution in [0.5, 0.6) is 0 Å². The molecular weight excluding hydrogens is 211 g/mol. The fourth-order valence-corrected chi connectivity index (χ4v) is 1.30. The molecule has 0 heterocycles. The lowest BCUT2D eigenvalue weighted by atomic mass is 9.98. The third-order valence-electron chi connectivity index (χ3n) is 1.76. The first-order valence-corrected chi connectivity index (χ1v) is 4.51. The third-order valence-corrected chi connectivity index (χ3v) is 2.67. The van der Waals surface area contributed by atoms with E-state index < -0.39 is 29.5 Å². The first kappa shape index (κ1) is 12.8. The highest BCUT2D eigenvalue weighted by atomic mass is 31.0. The molecule has 14 heavy (non-hydrogen) atoms. The SMILES string of the molecule is O=C(O)CCC([PH3+])(CC(=O)O)C(=O)O. The first-order chi connectivity index (χ1) is 6.28. The largest absolute Gasteiger partial charge is 0.481 e. The lowest BCUT2D eigenvalue weighted by molar-refractivity contribution is -0.147. The quantitative estimate of drug-likeness (QED) is 0.535. The monoisotopic (exact) mass is 223 g/mol.